The van der Waals surface area contributed by atoms with Crippen LogP contribution < -0.4 is 15.4 Å². The molecule has 0 radical (unpaired) electrons. The van der Waals surface area contributed by atoms with E-state index in [0.717, 1.165) is 5.56 Å². The number of amides is 1. The lowest BCUT2D eigenvalue weighted by Gasteiger charge is -2.19. The van der Waals surface area contributed by atoms with Gasteiger partial charge in [-0.2, -0.15) is 0 Å². The van der Waals surface area contributed by atoms with Gasteiger partial charge in [0, 0.05) is 17.2 Å². The van der Waals surface area contributed by atoms with E-state index in [9.17, 15) is 9.18 Å². The van der Waals surface area contributed by atoms with Crippen LogP contribution in [0, 0.1) is 11.7 Å². The summed E-state index contributed by atoms with van der Waals surface area (Å²) in [5, 5.41) is 5.22. The zero-order valence-electron chi connectivity index (χ0n) is 14.6. The van der Waals surface area contributed by atoms with Crippen LogP contribution in [-0.2, 0) is 4.79 Å². The van der Waals surface area contributed by atoms with Gasteiger partial charge in [0.15, 0.2) is 6.54 Å². The van der Waals surface area contributed by atoms with Crippen molar-refractivity contribution in [2.24, 2.45) is 5.92 Å². The van der Waals surface area contributed by atoms with E-state index >= 15 is 0 Å². The average Bonchev–Trinajstić information content (AvgIpc) is 2.56. The molecular weight excluding hydrogens is 343 g/mol. The number of nitrogens with two attached hydrogens (primary N) is 1. The van der Waals surface area contributed by atoms with Crippen molar-refractivity contribution < 1.29 is 19.2 Å². The molecule has 0 unspecified atom stereocenters. The van der Waals surface area contributed by atoms with Gasteiger partial charge in [-0.1, -0.05) is 37.6 Å². The number of quaternary nitrogens is 1. The van der Waals surface area contributed by atoms with Gasteiger partial charge in [0.25, 0.3) is 5.91 Å². The Morgan fingerprint density at radius 3 is 2.48 bits per heavy atom. The van der Waals surface area contributed by atoms with Gasteiger partial charge in [-0.25, -0.2) is 4.39 Å². The third-order valence-corrected chi connectivity index (χ3v) is 4.26. The lowest BCUT2D eigenvalue weighted by molar-refractivity contribution is -0.692. The van der Waals surface area contributed by atoms with Gasteiger partial charge in [-0.05, 0) is 30.3 Å². The molecule has 0 spiro atoms. The smallest absolute Gasteiger partial charge is 0.279 e. The molecule has 1 atom stereocenters. The van der Waals surface area contributed by atoms with Gasteiger partial charge < -0.3 is 15.4 Å². The van der Waals surface area contributed by atoms with Gasteiger partial charge >= 0.3 is 0 Å². The molecular formula is C19H23ClFN2O2+. The molecule has 6 heteroatoms. The molecule has 4 nitrogen and oxygen atoms in total. The maximum atomic E-state index is 13.1. The minimum Gasteiger partial charge on any atom is -0.495 e. The molecule has 0 aliphatic carbocycles. The van der Waals surface area contributed by atoms with Crippen LogP contribution >= 0.6 is 11.6 Å². The number of rotatable bonds is 7. The summed E-state index contributed by atoms with van der Waals surface area (Å²) < 4.78 is 18.2. The first kappa shape index (κ1) is 19.2. The van der Waals surface area contributed by atoms with Crippen molar-refractivity contribution in [3.8, 4) is 5.75 Å². The lowest BCUT2D eigenvalue weighted by Crippen LogP contribution is -2.88. The Labute approximate surface area is 152 Å². The van der Waals surface area contributed by atoms with Crippen molar-refractivity contribution in [2.45, 2.75) is 19.9 Å². The topological polar surface area (TPSA) is 54.9 Å². The van der Waals surface area contributed by atoms with Crippen molar-refractivity contribution in [3.63, 3.8) is 0 Å². The summed E-state index contributed by atoms with van der Waals surface area (Å²) in [4.78, 5) is 12.2. The number of nitrogens with one attached hydrogen (secondary N) is 1. The van der Waals surface area contributed by atoms with Crippen molar-refractivity contribution in [1.29, 1.82) is 0 Å². The second-order valence-corrected chi connectivity index (χ2v) is 6.57. The summed E-state index contributed by atoms with van der Waals surface area (Å²) >= 11 is 6.06. The highest BCUT2D eigenvalue weighted by molar-refractivity contribution is 6.32. The number of carbonyl (C=O) groups excluding carboxylic acids is 1. The van der Waals surface area contributed by atoms with E-state index in [-0.39, 0.29) is 24.3 Å². The summed E-state index contributed by atoms with van der Waals surface area (Å²) in [6.07, 6.45) is 0. The summed E-state index contributed by atoms with van der Waals surface area (Å²) in [6.45, 7) is 4.40. The van der Waals surface area contributed by atoms with E-state index in [2.05, 4.69) is 19.2 Å². The molecule has 2 aromatic carbocycles. The Morgan fingerprint density at radius 2 is 1.92 bits per heavy atom. The van der Waals surface area contributed by atoms with E-state index in [4.69, 9.17) is 16.3 Å². The first-order valence-electron chi connectivity index (χ1n) is 8.13. The highest BCUT2D eigenvalue weighted by Crippen LogP contribution is 2.27. The zero-order chi connectivity index (χ0) is 18.4. The normalized spacial score (nSPS) is 12.1. The zero-order valence-corrected chi connectivity index (χ0v) is 15.3. The van der Waals surface area contributed by atoms with E-state index in [0.29, 0.717) is 22.4 Å². The van der Waals surface area contributed by atoms with Gasteiger partial charge in [-0.15, -0.1) is 0 Å². The maximum absolute atomic E-state index is 13.1. The quantitative estimate of drug-likeness (QED) is 0.790. The minimum atomic E-state index is -0.264. The van der Waals surface area contributed by atoms with Gasteiger partial charge in [0.2, 0.25) is 0 Å². The predicted molar refractivity (Wildman–Crippen MR) is 97.4 cm³/mol. The lowest BCUT2D eigenvalue weighted by atomic mass is 9.96. The highest BCUT2D eigenvalue weighted by atomic mass is 35.5. The average molecular weight is 366 g/mol. The number of halogens is 2. The number of benzene rings is 2. The number of anilines is 1. The van der Waals surface area contributed by atoms with Crippen LogP contribution in [0.5, 0.6) is 5.75 Å². The summed E-state index contributed by atoms with van der Waals surface area (Å²) in [5.41, 5.74) is 1.61. The molecule has 0 fully saturated rings. The van der Waals surface area contributed by atoms with Gasteiger partial charge in [-0.3, -0.25) is 4.79 Å². The van der Waals surface area contributed by atoms with Crippen molar-refractivity contribution >= 4 is 23.2 Å². The minimum absolute atomic E-state index is 0.0748. The van der Waals surface area contributed by atoms with Crippen LogP contribution in [0.4, 0.5) is 10.1 Å². The molecule has 0 saturated carbocycles. The number of ether oxygens (including phenoxy) is 1. The molecule has 0 heterocycles. The largest absolute Gasteiger partial charge is 0.495 e. The number of hydrogen-bond acceptors (Lipinski definition) is 2. The highest BCUT2D eigenvalue weighted by Gasteiger charge is 2.20. The fourth-order valence-electron chi connectivity index (χ4n) is 2.67. The standard InChI is InChI=1S/C19H22ClFN2O2/c1-12(2)19(13-4-6-14(21)7-5-13)22-11-18(24)23-15-8-9-17(25-3)16(20)10-15/h4-10,12,19,22H,11H2,1-3H3,(H,23,24)/p+1/t19-/m1/s1. The third kappa shape index (κ3) is 5.44. The van der Waals surface area contributed by atoms with Crippen LogP contribution in [-0.4, -0.2) is 19.6 Å². The molecule has 2 aromatic rings. The number of carbonyl (C=O) groups is 1. The van der Waals surface area contributed by atoms with Crippen LogP contribution in [0.2, 0.25) is 5.02 Å². The predicted octanol–water partition coefficient (Wildman–Crippen LogP) is 3.39. The van der Waals surface area contributed by atoms with Crippen molar-refractivity contribution in [3.05, 3.63) is 58.9 Å². The van der Waals surface area contributed by atoms with Gasteiger partial charge in [0.1, 0.15) is 17.6 Å². The SMILES string of the molecule is COc1ccc(NC(=O)C[NH2+][C@@H](c2ccc(F)cc2)C(C)C)cc1Cl. The molecule has 0 aromatic heterocycles. The molecule has 0 bridgehead atoms. The molecule has 1 amide bonds. The van der Waals surface area contributed by atoms with Crippen molar-refractivity contribution in [1.82, 2.24) is 0 Å². The summed E-state index contributed by atoms with van der Waals surface area (Å²) in [7, 11) is 1.54. The number of methoxy groups -OCH3 is 1. The summed E-state index contributed by atoms with van der Waals surface area (Å²) in [5.74, 6) is 0.463. The summed E-state index contributed by atoms with van der Waals surface area (Å²) in [6, 6.07) is 11.6. The van der Waals surface area contributed by atoms with Crippen LogP contribution in [0.1, 0.15) is 25.5 Å². The fraction of sp³-hybridized carbons (Fsp3) is 0.316. The molecule has 134 valence electrons. The first-order chi connectivity index (χ1) is 11.9. The molecule has 0 saturated heterocycles. The van der Waals surface area contributed by atoms with E-state index in [1.54, 1.807) is 30.3 Å². The van der Waals surface area contributed by atoms with E-state index in [1.807, 2.05) is 5.32 Å². The van der Waals surface area contributed by atoms with Gasteiger partial charge in [0.05, 0.1) is 12.1 Å². The monoisotopic (exact) mass is 365 g/mol. The molecule has 25 heavy (non-hydrogen) atoms. The van der Waals surface area contributed by atoms with Crippen LogP contribution in [0.15, 0.2) is 42.5 Å². The van der Waals surface area contributed by atoms with Crippen LogP contribution in [0.3, 0.4) is 0 Å². The second-order valence-electron chi connectivity index (χ2n) is 6.16. The Morgan fingerprint density at radius 1 is 1.24 bits per heavy atom. The Balaban J connectivity index is 1.97. The third-order valence-electron chi connectivity index (χ3n) is 3.97. The molecule has 3 N–H and O–H groups in total. The molecule has 2 rings (SSSR count). The molecule has 0 aliphatic rings. The maximum Gasteiger partial charge on any atom is 0.279 e. The van der Waals surface area contributed by atoms with Crippen molar-refractivity contribution in [2.75, 3.05) is 19.0 Å². The Kier molecular flexibility index (Phi) is 6.79. The molecule has 0 aliphatic heterocycles. The first-order valence-corrected chi connectivity index (χ1v) is 8.50. The second kappa shape index (κ2) is 8.83. The van der Waals surface area contributed by atoms with Crippen LogP contribution in [0.25, 0.3) is 0 Å². The van der Waals surface area contributed by atoms with E-state index < -0.39 is 0 Å². The fourth-order valence-corrected chi connectivity index (χ4v) is 2.93. The Bertz CT molecular complexity index is 720. The van der Waals surface area contributed by atoms with E-state index in [1.165, 1.54) is 19.2 Å². The number of hydrogen-bond donors (Lipinski definition) is 2. The Hall–Kier alpha value is -2.11.